The lowest BCUT2D eigenvalue weighted by atomic mass is 9.83. The Morgan fingerprint density at radius 2 is 1.54 bits per heavy atom. The van der Waals surface area contributed by atoms with Gasteiger partial charge in [0.05, 0.1) is 13.2 Å². The minimum Gasteiger partial charge on any atom is -0.371 e. The van der Waals surface area contributed by atoms with Crippen LogP contribution in [-0.2, 0) is 22.3 Å². The van der Waals surface area contributed by atoms with E-state index in [4.69, 9.17) is 9.47 Å². The highest BCUT2D eigenvalue weighted by atomic mass is 79.9. The number of rotatable bonds is 1. The van der Waals surface area contributed by atoms with Crippen LogP contribution in [0.15, 0.2) is 16.6 Å². The first-order valence-corrected chi connectivity index (χ1v) is 10.3. The summed E-state index contributed by atoms with van der Waals surface area (Å²) in [6.45, 7) is 3.61. The molecule has 2 saturated heterocycles. The van der Waals surface area contributed by atoms with Crippen LogP contribution in [0.1, 0.15) is 49.7 Å². The van der Waals surface area contributed by atoms with E-state index in [1.807, 2.05) is 0 Å². The first kappa shape index (κ1) is 15.7. The normalized spacial score (nSPS) is 27.3. The Balaban J connectivity index is 1.41. The van der Waals surface area contributed by atoms with Crippen molar-refractivity contribution in [1.29, 1.82) is 0 Å². The Kier molecular flexibility index (Phi) is 3.73. The number of hydrogen-bond acceptors (Lipinski definition) is 3. The van der Waals surface area contributed by atoms with E-state index in [0.717, 1.165) is 39.1 Å². The van der Waals surface area contributed by atoms with Crippen LogP contribution in [0.3, 0.4) is 0 Å². The fourth-order valence-corrected chi connectivity index (χ4v) is 6.01. The van der Waals surface area contributed by atoms with Gasteiger partial charge in [0.1, 0.15) is 0 Å². The van der Waals surface area contributed by atoms with E-state index in [1.54, 1.807) is 11.1 Å². The molecule has 0 amide bonds. The van der Waals surface area contributed by atoms with Gasteiger partial charge in [-0.05, 0) is 54.4 Å². The van der Waals surface area contributed by atoms with Crippen LogP contribution < -0.4 is 4.90 Å². The molecular weight excluding hydrogens is 366 g/mol. The van der Waals surface area contributed by atoms with Crippen molar-refractivity contribution in [3.8, 4) is 0 Å². The Morgan fingerprint density at radius 3 is 2.25 bits per heavy atom. The van der Waals surface area contributed by atoms with Crippen molar-refractivity contribution in [3.05, 3.63) is 27.7 Å². The van der Waals surface area contributed by atoms with E-state index in [-0.39, 0.29) is 5.79 Å². The third-order valence-electron chi connectivity index (χ3n) is 6.80. The fourth-order valence-electron chi connectivity index (χ4n) is 5.50. The van der Waals surface area contributed by atoms with E-state index in [0.29, 0.717) is 5.41 Å². The number of anilines is 1. The predicted octanol–water partition coefficient (Wildman–Crippen LogP) is 4.45. The van der Waals surface area contributed by atoms with E-state index in [2.05, 4.69) is 33.0 Å². The summed E-state index contributed by atoms with van der Waals surface area (Å²) >= 11 is 3.83. The SMILES string of the molecule is Brc1ccc(N2CCC3(CC2)OCCO3)c2c1CC1(CCCC1)C2. The molecule has 130 valence electrons. The Morgan fingerprint density at radius 1 is 0.875 bits per heavy atom. The molecule has 0 radical (unpaired) electrons. The highest BCUT2D eigenvalue weighted by Crippen LogP contribution is 2.52. The predicted molar refractivity (Wildman–Crippen MR) is 98.5 cm³/mol. The van der Waals surface area contributed by atoms with E-state index in [1.165, 1.54) is 48.7 Å². The molecule has 3 nitrogen and oxygen atoms in total. The number of ether oxygens (including phenoxy) is 2. The fraction of sp³-hybridized carbons (Fsp3) is 0.700. The zero-order valence-corrected chi connectivity index (χ0v) is 15.9. The van der Waals surface area contributed by atoms with Crippen LogP contribution in [0, 0.1) is 5.41 Å². The largest absolute Gasteiger partial charge is 0.371 e. The number of piperidine rings is 1. The zero-order valence-electron chi connectivity index (χ0n) is 14.3. The molecule has 3 fully saturated rings. The van der Waals surface area contributed by atoms with Gasteiger partial charge in [0.25, 0.3) is 0 Å². The second kappa shape index (κ2) is 5.72. The number of hydrogen-bond donors (Lipinski definition) is 0. The maximum Gasteiger partial charge on any atom is 0.171 e. The minimum atomic E-state index is -0.276. The Bertz CT molecular complexity index is 637. The average molecular weight is 392 g/mol. The Hall–Kier alpha value is -0.580. The summed E-state index contributed by atoms with van der Waals surface area (Å²) in [5.41, 5.74) is 5.25. The van der Waals surface area contributed by atoms with Crippen molar-refractivity contribution in [1.82, 2.24) is 0 Å². The third-order valence-corrected chi connectivity index (χ3v) is 7.54. The van der Waals surface area contributed by atoms with Crippen molar-refractivity contribution in [3.63, 3.8) is 0 Å². The lowest BCUT2D eigenvalue weighted by Gasteiger charge is -2.39. The van der Waals surface area contributed by atoms with E-state index < -0.39 is 0 Å². The van der Waals surface area contributed by atoms with Gasteiger partial charge in [-0.2, -0.15) is 0 Å². The number of nitrogens with zero attached hydrogens (tertiary/aromatic N) is 1. The van der Waals surface area contributed by atoms with Gasteiger partial charge in [0, 0.05) is 36.1 Å². The van der Waals surface area contributed by atoms with E-state index >= 15 is 0 Å². The molecule has 2 spiro atoms. The van der Waals surface area contributed by atoms with Crippen molar-refractivity contribution in [2.24, 2.45) is 5.41 Å². The second-order valence-corrected chi connectivity index (χ2v) is 9.03. The monoisotopic (exact) mass is 391 g/mol. The molecule has 1 aromatic carbocycles. The van der Waals surface area contributed by atoms with Gasteiger partial charge < -0.3 is 14.4 Å². The van der Waals surface area contributed by atoms with Crippen molar-refractivity contribution in [2.45, 2.75) is 57.2 Å². The Labute approximate surface area is 152 Å². The van der Waals surface area contributed by atoms with E-state index in [9.17, 15) is 0 Å². The zero-order chi connectivity index (χ0) is 16.2. The van der Waals surface area contributed by atoms with Gasteiger partial charge in [-0.1, -0.05) is 28.8 Å². The molecular formula is C20H26BrNO2. The van der Waals surface area contributed by atoms with Gasteiger partial charge in [-0.15, -0.1) is 0 Å². The van der Waals surface area contributed by atoms with Gasteiger partial charge in [0.15, 0.2) is 5.79 Å². The highest BCUT2D eigenvalue weighted by molar-refractivity contribution is 9.10. The molecule has 0 bridgehead atoms. The molecule has 1 aromatic rings. The number of halogens is 1. The molecule has 2 aliphatic carbocycles. The summed E-state index contributed by atoms with van der Waals surface area (Å²) in [4.78, 5) is 2.58. The molecule has 2 aliphatic heterocycles. The quantitative estimate of drug-likeness (QED) is 0.705. The summed E-state index contributed by atoms with van der Waals surface area (Å²) in [6, 6.07) is 4.61. The molecule has 1 saturated carbocycles. The summed E-state index contributed by atoms with van der Waals surface area (Å²) < 4.78 is 13.1. The van der Waals surface area contributed by atoms with Crippen LogP contribution in [0.2, 0.25) is 0 Å². The van der Waals surface area contributed by atoms with Gasteiger partial charge in [-0.3, -0.25) is 0 Å². The van der Waals surface area contributed by atoms with Crippen LogP contribution in [0.4, 0.5) is 5.69 Å². The van der Waals surface area contributed by atoms with Crippen LogP contribution in [0.5, 0.6) is 0 Å². The molecule has 0 atom stereocenters. The maximum atomic E-state index is 5.90. The van der Waals surface area contributed by atoms with Gasteiger partial charge in [0.2, 0.25) is 0 Å². The van der Waals surface area contributed by atoms with Gasteiger partial charge in [-0.25, -0.2) is 0 Å². The van der Waals surface area contributed by atoms with Crippen LogP contribution in [-0.4, -0.2) is 32.1 Å². The molecule has 0 N–H and O–H groups in total. The number of fused-ring (bicyclic) bond motifs is 1. The molecule has 4 aliphatic rings. The minimum absolute atomic E-state index is 0.276. The van der Waals surface area contributed by atoms with Crippen molar-refractivity contribution >= 4 is 21.6 Å². The molecule has 4 heteroatoms. The lowest BCUT2D eigenvalue weighted by molar-refractivity contribution is -0.169. The van der Waals surface area contributed by atoms with Crippen molar-refractivity contribution < 1.29 is 9.47 Å². The summed E-state index contributed by atoms with van der Waals surface area (Å²) in [7, 11) is 0. The summed E-state index contributed by atoms with van der Waals surface area (Å²) in [5, 5.41) is 0. The van der Waals surface area contributed by atoms with Crippen LogP contribution >= 0.6 is 15.9 Å². The summed E-state index contributed by atoms with van der Waals surface area (Å²) in [5.74, 6) is -0.276. The van der Waals surface area contributed by atoms with Crippen LogP contribution in [0.25, 0.3) is 0 Å². The molecule has 0 unspecified atom stereocenters. The lowest BCUT2D eigenvalue weighted by Crippen LogP contribution is -2.45. The molecule has 24 heavy (non-hydrogen) atoms. The highest BCUT2D eigenvalue weighted by Gasteiger charge is 2.43. The smallest absolute Gasteiger partial charge is 0.171 e. The van der Waals surface area contributed by atoms with Gasteiger partial charge >= 0.3 is 0 Å². The standard InChI is InChI=1S/C20H26BrNO2/c21-17-3-4-18(16-14-19(13-15(16)17)5-1-2-6-19)22-9-7-20(8-10-22)23-11-12-24-20/h3-4H,1-2,5-14H2. The molecule has 5 rings (SSSR count). The first-order chi connectivity index (χ1) is 11.7. The van der Waals surface area contributed by atoms with Crippen molar-refractivity contribution in [2.75, 3.05) is 31.2 Å². The topological polar surface area (TPSA) is 21.7 Å². The molecule has 2 heterocycles. The maximum absolute atomic E-state index is 5.90. The summed E-state index contributed by atoms with van der Waals surface area (Å²) in [6.07, 6.45) is 10.2. The second-order valence-electron chi connectivity index (χ2n) is 8.18. The first-order valence-electron chi connectivity index (χ1n) is 9.52. The third kappa shape index (κ3) is 2.45. The molecule has 0 aromatic heterocycles. The average Bonchev–Trinajstić information content (AvgIpc) is 3.31. The number of benzene rings is 1.